The second-order valence-corrected chi connectivity index (χ2v) is 4.56. The van der Waals surface area contributed by atoms with Gasteiger partial charge in [0.1, 0.15) is 11.8 Å². The summed E-state index contributed by atoms with van der Waals surface area (Å²) in [5.74, 6) is 0. The molecular formula is C14H16N4O. The van der Waals surface area contributed by atoms with Gasteiger partial charge in [-0.05, 0) is 24.6 Å². The summed E-state index contributed by atoms with van der Waals surface area (Å²) < 4.78 is 3.76. The Bertz CT molecular complexity index is 652. The molecule has 5 heteroatoms. The molecule has 0 aliphatic rings. The van der Waals surface area contributed by atoms with Gasteiger partial charge in [0.25, 0.3) is 0 Å². The highest BCUT2D eigenvalue weighted by Crippen LogP contribution is 2.18. The van der Waals surface area contributed by atoms with E-state index < -0.39 is 6.10 Å². The zero-order valence-corrected chi connectivity index (χ0v) is 10.8. The molecule has 0 aromatic carbocycles. The summed E-state index contributed by atoms with van der Waals surface area (Å²) in [4.78, 5) is 4.42. The highest BCUT2D eigenvalue weighted by molar-refractivity contribution is 5.39. The molecular weight excluding hydrogens is 240 g/mol. The third kappa shape index (κ3) is 2.37. The summed E-state index contributed by atoms with van der Waals surface area (Å²) in [5.41, 5.74) is 2.56. The SMILES string of the molecule is CCn1cc(CC(O)c2cn3ccccc3n2)cn1. The average Bonchev–Trinajstić information content (AvgIpc) is 3.04. The molecule has 98 valence electrons. The molecule has 19 heavy (non-hydrogen) atoms. The molecule has 5 nitrogen and oxygen atoms in total. The lowest BCUT2D eigenvalue weighted by atomic mass is 10.1. The maximum absolute atomic E-state index is 10.2. The van der Waals surface area contributed by atoms with Crippen LogP contribution < -0.4 is 0 Å². The predicted molar refractivity (Wildman–Crippen MR) is 71.8 cm³/mol. The number of aromatic nitrogens is 4. The lowest BCUT2D eigenvalue weighted by molar-refractivity contribution is 0.174. The van der Waals surface area contributed by atoms with E-state index in [0.29, 0.717) is 12.1 Å². The Morgan fingerprint density at radius 3 is 2.95 bits per heavy atom. The Morgan fingerprint density at radius 2 is 2.21 bits per heavy atom. The smallest absolute Gasteiger partial charge is 0.137 e. The van der Waals surface area contributed by atoms with Crippen molar-refractivity contribution in [1.29, 1.82) is 0 Å². The molecule has 1 N–H and O–H groups in total. The number of hydrogen-bond acceptors (Lipinski definition) is 3. The van der Waals surface area contributed by atoms with Crippen molar-refractivity contribution in [3.63, 3.8) is 0 Å². The van der Waals surface area contributed by atoms with Gasteiger partial charge in [-0.15, -0.1) is 0 Å². The zero-order chi connectivity index (χ0) is 13.2. The lowest BCUT2D eigenvalue weighted by Crippen LogP contribution is -2.01. The number of aliphatic hydroxyl groups excluding tert-OH is 1. The van der Waals surface area contributed by atoms with Crippen LogP contribution in [0.25, 0.3) is 5.65 Å². The largest absolute Gasteiger partial charge is 0.386 e. The molecule has 3 aromatic rings. The van der Waals surface area contributed by atoms with E-state index >= 15 is 0 Å². The molecule has 3 rings (SSSR count). The first kappa shape index (κ1) is 11.9. The fraction of sp³-hybridized carbons (Fsp3) is 0.286. The number of hydrogen-bond donors (Lipinski definition) is 1. The molecule has 0 spiro atoms. The van der Waals surface area contributed by atoms with Crippen molar-refractivity contribution in [1.82, 2.24) is 19.2 Å². The van der Waals surface area contributed by atoms with E-state index in [0.717, 1.165) is 17.8 Å². The van der Waals surface area contributed by atoms with Crippen LogP contribution in [0.15, 0.2) is 43.0 Å². The second-order valence-electron chi connectivity index (χ2n) is 4.56. The molecule has 0 saturated heterocycles. The molecule has 1 unspecified atom stereocenters. The van der Waals surface area contributed by atoms with Crippen molar-refractivity contribution < 1.29 is 5.11 Å². The van der Waals surface area contributed by atoms with Crippen molar-refractivity contribution in [2.24, 2.45) is 0 Å². The van der Waals surface area contributed by atoms with Gasteiger partial charge in [-0.1, -0.05) is 6.07 Å². The number of fused-ring (bicyclic) bond motifs is 1. The molecule has 1 atom stereocenters. The normalized spacial score (nSPS) is 12.9. The summed E-state index contributed by atoms with van der Waals surface area (Å²) in [5, 5.41) is 14.4. The van der Waals surface area contributed by atoms with Gasteiger partial charge in [0.15, 0.2) is 0 Å². The Hall–Kier alpha value is -2.14. The van der Waals surface area contributed by atoms with E-state index in [2.05, 4.69) is 10.1 Å². The second kappa shape index (κ2) is 4.85. The Morgan fingerprint density at radius 1 is 1.32 bits per heavy atom. The Kier molecular flexibility index (Phi) is 3.05. The fourth-order valence-corrected chi connectivity index (χ4v) is 2.13. The molecule has 0 aliphatic heterocycles. The van der Waals surface area contributed by atoms with Crippen molar-refractivity contribution in [3.05, 3.63) is 54.2 Å². The number of aliphatic hydroxyl groups is 1. The maximum atomic E-state index is 10.2. The topological polar surface area (TPSA) is 55.4 Å². The van der Waals surface area contributed by atoms with E-state index in [9.17, 15) is 5.11 Å². The minimum Gasteiger partial charge on any atom is -0.386 e. The van der Waals surface area contributed by atoms with Crippen LogP contribution in [-0.4, -0.2) is 24.3 Å². The van der Waals surface area contributed by atoms with Crippen LogP contribution in [0.2, 0.25) is 0 Å². The highest BCUT2D eigenvalue weighted by atomic mass is 16.3. The number of pyridine rings is 1. The predicted octanol–water partition coefficient (Wildman–Crippen LogP) is 1.83. The maximum Gasteiger partial charge on any atom is 0.137 e. The first-order valence-corrected chi connectivity index (χ1v) is 6.39. The minimum absolute atomic E-state index is 0.532. The quantitative estimate of drug-likeness (QED) is 0.774. The standard InChI is InChI=1S/C14H16N4O/c1-2-18-9-11(8-15-18)7-13(19)12-10-17-6-4-3-5-14(17)16-12/h3-6,8-10,13,19H,2,7H2,1H3. The van der Waals surface area contributed by atoms with Crippen LogP contribution in [0.4, 0.5) is 0 Å². The van der Waals surface area contributed by atoms with E-state index in [1.807, 2.05) is 52.8 Å². The van der Waals surface area contributed by atoms with Gasteiger partial charge >= 0.3 is 0 Å². The van der Waals surface area contributed by atoms with Gasteiger partial charge in [-0.3, -0.25) is 4.68 Å². The highest BCUT2D eigenvalue weighted by Gasteiger charge is 2.13. The molecule has 3 heterocycles. The summed E-state index contributed by atoms with van der Waals surface area (Å²) in [6, 6.07) is 5.80. The molecule has 0 amide bonds. The van der Waals surface area contributed by atoms with Gasteiger partial charge in [0.05, 0.1) is 11.9 Å². The number of rotatable bonds is 4. The molecule has 0 saturated carbocycles. The van der Waals surface area contributed by atoms with E-state index in [4.69, 9.17) is 0 Å². The van der Waals surface area contributed by atoms with Crippen LogP contribution in [0, 0.1) is 0 Å². The third-order valence-electron chi connectivity index (χ3n) is 3.16. The van der Waals surface area contributed by atoms with Crippen LogP contribution >= 0.6 is 0 Å². The van der Waals surface area contributed by atoms with Crippen molar-refractivity contribution in [2.45, 2.75) is 26.0 Å². The third-order valence-corrected chi connectivity index (χ3v) is 3.16. The van der Waals surface area contributed by atoms with Crippen LogP contribution in [0.5, 0.6) is 0 Å². The van der Waals surface area contributed by atoms with Gasteiger partial charge in [0, 0.05) is 31.6 Å². The van der Waals surface area contributed by atoms with Gasteiger partial charge in [-0.2, -0.15) is 5.10 Å². The van der Waals surface area contributed by atoms with Crippen LogP contribution in [0.3, 0.4) is 0 Å². The molecule has 0 aliphatic carbocycles. The van der Waals surface area contributed by atoms with Crippen molar-refractivity contribution in [3.8, 4) is 0 Å². The molecule has 3 aromatic heterocycles. The summed E-state index contributed by atoms with van der Waals surface area (Å²) in [6.07, 6.45) is 7.47. The van der Waals surface area contributed by atoms with Crippen LogP contribution in [0.1, 0.15) is 24.3 Å². The average molecular weight is 256 g/mol. The summed E-state index contributed by atoms with van der Waals surface area (Å²) in [7, 11) is 0. The van der Waals surface area contributed by atoms with Gasteiger partial charge < -0.3 is 9.51 Å². The fourth-order valence-electron chi connectivity index (χ4n) is 2.13. The van der Waals surface area contributed by atoms with Gasteiger partial charge in [0.2, 0.25) is 0 Å². The summed E-state index contributed by atoms with van der Waals surface area (Å²) >= 11 is 0. The molecule has 0 bridgehead atoms. The van der Waals surface area contributed by atoms with Crippen molar-refractivity contribution >= 4 is 5.65 Å². The number of aryl methyl sites for hydroxylation is 1. The van der Waals surface area contributed by atoms with E-state index in [1.54, 1.807) is 6.20 Å². The van der Waals surface area contributed by atoms with Gasteiger partial charge in [-0.25, -0.2) is 4.98 Å². The minimum atomic E-state index is -0.602. The number of imidazole rings is 1. The van der Waals surface area contributed by atoms with Crippen LogP contribution in [-0.2, 0) is 13.0 Å². The Labute approximate surface area is 111 Å². The first-order valence-electron chi connectivity index (χ1n) is 6.39. The van der Waals surface area contributed by atoms with E-state index in [-0.39, 0.29) is 0 Å². The lowest BCUT2D eigenvalue weighted by Gasteiger charge is -2.04. The Balaban J connectivity index is 1.81. The van der Waals surface area contributed by atoms with Crippen molar-refractivity contribution in [2.75, 3.05) is 0 Å². The monoisotopic (exact) mass is 256 g/mol. The zero-order valence-electron chi connectivity index (χ0n) is 10.8. The number of nitrogens with zero attached hydrogens (tertiary/aromatic N) is 4. The summed E-state index contributed by atoms with van der Waals surface area (Å²) in [6.45, 7) is 2.87. The first-order chi connectivity index (χ1) is 9.26. The molecule has 0 radical (unpaired) electrons. The van der Waals surface area contributed by atoms with E-state index in [1.165, 1.54) is 0 Å². The molecule has 0 fully saturated rings.